The summed E-state index contributed by atoms with van der Waals surface area (Å²) >= 11 is 0. The van der Waals surface area contributed by atoms with E-state index in [-0.39, 0.29) is 0 Å². The number of unbranched alkanes of at least 4 members (excludes halogenated alkanes) is 4. The van der Waals surface area contributed by atoms with Gasteiger partial charge in [0.1, 0.15) is 0 Å². The van der Waals surface area contributed by atoms with E-state index in [2.05, 4.69) is 33.0 Å². The monoisotopic (exact) mass is 185 g/mol. The Kier molecular flexibility index (Phi) is 8.53. The first kappa shape index (κ1) is 13.0. The molecule has 13 heavy (non-hydrogen) atoms. The fourth-order valence-corrected chi connectivity index (χ4v) is 1.71. The fourth-order valence-electron chi connectivity index (χ4n) is 1.71. The first-order chi connectivity index (χ1) is 6.16. The molecule has 0 aliphatic heterocycles. The molecule has 0 aromatic rings. The van der Waals surface area contributed by atoms with Gasteiger partial charge in [0.25, 0.3) is 0 Å². The quantitative estimate of drug-likeness (QED) is 0.568. The van der Waals surface area contributed by atoms with Crippen molar-refractivity contribution in [2.45, 2.75) is 78.3 Å². The van der Waals surface area contributed by atoms with Gasteiger partial charge in [0.15, 0.2) is 0 Å². The minimum Gasteiger partial charge on any atom is -0.312 e. The molecule has 0 fully saturated rings. The Balaban J connectivity index is 3.12. The van der Waals surface area contributed by atoms with Gasteiger partial charge in [0.05, 0.1) is 0 Å². The number of hydrogen-bond acceptors (Lipinski definition) is 1. The predicted molar refractivity (Wildman–Crippen MR) is 61.1 cm³/mol. The minimum atomic E-state index is 0.630. The molecule has 0 bridgehead atoms. The van der Waals surface area contributed by atoms with Gasteiger partial charge >= 0.3 is 0 Å². The second-order valence-corrected chi connectivity index (χ2v) is 4.43. The van der Waals surface area contributed by atoms with Crippen molar-refractivity contribution in [1.82, 2.24) is 5.32 Å². The summed E-state index contributed by atoms with van der Waals surface area (Å²) in [6.07, 6.45) is 8.32. The SMILES string of the molecule is CCCCCCCC(C)NC(C)C. The third kappa shape index (κ3) is 9.88. The molecule has 1 unspecified atom stereocenters. The summed E-state index contributed by atoms with van der Waals surface area (Å²) in [5.74, 6) is 0. The van der Waals surface area contributed by atoms with Crippen LogP contribution in [0.4, 0.5) is 0 Å². The van der Waals surface area contributed by atoms with E-state index in [4.69, 9.17) is 0 Å². The van der Waals surface area contributed by atoms with Gasteiger partial charge < -0.3 is 5.32 Å². The standard InChI is InChI=1S/C12H27N/c1-5-6-7-8-9-10-12(4)13-11(2)3/h11-13H,5-10H2,1-4H3. The molecule has 1 N–H and O–H groups in total. The lowest BCUT2D eigenvalue weighted by molar-refractivity contribution is 0.444. The van der Waals surface area contributed by atoms with Crippen molar-refractivity contribution in [2.24, 2.45) is 0 Å². The van der Waals surface area contributed by atoms with Gasteiger partial charge in [0.2, 0.25) is 0 Å². The van der Waals surface area contributed by atoms with E-state index < -0.39 is 0 Å². The maximum atomic E-state index is 3.53. The smallest absolute Gasteiger partial charge is 0.00410 e. The lowest BCUT2D eigenvalue weighted by Crippen LogP contribution is -2.32. The zero-order valence-corrected chi connectivity index (χ0v) is 9.90. The minimum absolute atomic E-state index is 0.630. The first-order valence-electron chi connectivity index (χ1n) is 5.92. The Hall–Kier alpha value is -0.0400. The second kappa shape index (κ2) is 8.55. The van der Waals surface area contributed by atoms with Crippen LogP contribution in [0.3, 0.4) is 0 Å². The molecule has 0 aliphatic rings. The number of nitrogens with one attached hydrogen (secondary N) is 1. The summed E-state index contributed by atoms with van der Waals surface area (Å²) in [5, 5.41) is 3.53. The molecule has 1 heteroatoms. The molecule has 0 saturated carbocycles. The highest BCUT2D eigenvalue weighted by molar-refractivity contribution is 4.63. The van der Waals surface area contributed by atoms with E-state index in [1.165, 1.54) is 38.5 Å². The molecular weight excluding hydrogens is 158 g/mol. The van der Waals surface area contributed by atoms with Crippen molar-refractivity contribution in [3.63, 3.8) is 0 Å². The zero-order valence-electron chi connectivity index (χ0n) is 9.90. The van der Waals surface area contributed by atoms with Gasteiger partial charge in [-0.3, -0.25) is 0 Å². The molecule has 0 amide bonds. The van der Waals surface area contributed by atoms with E-state index in [0.29, 0.717) is 12.1 Å². The Morgan fingerprint density at radius 1 is 0.923 bits per heavy atom. The Morgan fingerprint density at radius 2 is 1.54 bits per heavy atom. The molecule has 0 spiro atoms. The molecule has 1 atom stereocenters. The topological polar surface area (TPSA) is 12.0 Å². The summed E-state index contributed by atoms with van der Waals surface area (Å²) in [7, 11) is 0. The van der Waals surface area contributed by atoms with E-state index in [9.17, 15) is 0 Å². The van der Waals surface area contributed by atoms with Crippen LogP contribution < -0.4 is 5.32 Å². The van der Waals surface area contributed by atoms with E-state index in [1.54, 1.807) is 0 Å². The van der Waals surface area contributed by atoms with Crippen LogP contribution in [0.2, 0.25) is 0 Å². The second-order valence-electron chi connectivity index (χ2n) is 4.43. The molecular formula is C12H27N. The fraction of sp³-hybridized carbons (Fsp3) is 1.00. The predicted octanol–water partition coefficient (Wildman–Crippen LogP) is 3.73. The van der Waals surface area contributed by atoms with Crippen LogP contribution in [0.5, 0.6) is 0 Å². The van der Waals surface area contributed by atoms with Crippen LogP contribution in [-0.2, 0) is 0 Å². The van der Waals surface area contributed by atoms with E-state index >= 15 is 0 Å². The summed E-state index contributed by atoms with van der Waals surface area (Å²) in [6, 6.07) is 1.33. The molecule has 0 heterocycles. The van der Waals surface area contributed by atoms with Crippen molar-refractivity contribution >= 4 is 0 Å². The van der Waals surface area contributed by atoms with Gasteiger partial charge in [-0.1, -0.05) is 52.9 Å². The molecule has 0 aromatic heterocycles. The highest BCUT2D eigenvalue weighted by Crippen LogP contribution is 2.07. The van der Waals surface area contributed by atoms with E-state index in [1.807, 2.05) is 0 Å². The molecule has 0 saturated heterocycles. The summed E-state index contributed by atoms with van der Waals surface area (Å²) in [4.78, 5) is 0. The largest absolute Gasteiger partial charge is 0.312 e. The van der Waals surface area contributed by atoms with Crippen LogP contribution in [0.15, 0.2) is 0 Å². The van der Waals surface area contributed by atoms with Crippen LogP contribution in [0, 0.1) is 0 Å². The van der Waals surface area contributed by atoms with Crippen molar-refractivity contribution in [3.05, 3.63) is 0 Å². The highest BCUT2D eigenvalue weighted by atomic mass is 14.9. The average Bonchev–Trinajstić information content (AvgIpc) is 2.02. The third-order valence-corrected chi connectivity index (χ3v) is 2.36. The summed E-state index contributed by atoms with van der Waals surface area (Å²) < 4.78 is 0. The van der Waals surface area contributed by atoms with Gasteiger partial charge in [-0.05, 0) is 13.3 Å². The molecule has 80 valence electrons. The summed E-state index contributed by atoms with van der Waals surface area (Å²) in [6.45, 7) is 8.99. The normalized spacial score (nSPS) is 13.6. The van der Waals surface area contributed by atoms with Crippen molar-refractivity contribution in [1.29, 1.82) is 0 Å². The van der Waals surface area contributed by atoms with E-state index in [0.717, 1.165) is 0 Å². The molecule has 0 aromatic carbocycles. The molecule has 1 nitrogen and oxygen atoms in total. The van der Waals surface area contributed by atoms with Crippen LogP contribution in [0.25, 0.3) is 0 Å². The van der Waals surface area contributed by atoms with Gasteiger partial charge in [-0.15, -0.1) is 0 Å². The zero-order chi connectivity index (χ0) is 10.1. The Morgan fingerprint density at radius 3 is 2.08 bits per heavy atom. The maximum Gasteiger partial charge on any atom is 0.00410 e. The third-order valence-electron chi connectivity index (χ3n) is 2.36. The van der Waals surface area contributed by atoms with Crippen molar-refractivity contribution < 1.29 is 0 Å². The first-order valence-corrected chi connectivity index (χ1v) is 5.92. The average molecular weight is 185 g/mol. The Bertz CT molecular complexity index is 99.3. The van der Waals surface area contributed by atoms with Crippen LogP contribution in [-0.4, -0.2) is 12.1 Å². The van der Waals surface area contributed by atoms with Crippen molar-refractivity contribution in [3.8, 4) is 0 Å². The highest BCUT2D eigenvalue weighted by Gasteiger charge is 2.02. The van der Waals surface area contributed by atoms with Crippen molar-refractivity contribution in [2.75, 3.05) is 0 Å². The van der Waals surface area contributed by atoms with Crippen LogP contribution >= 0.6 is 0 Å². The number of rotatable bonds is 8. The molecule has 0 radical (unpaired) electrons. The van der Waals surface area contributed by atoms with Crippen LogP contribution in [0.1, 0.15) is 66.2 Å². The lowest BCUT2D eigenvalue weighted by Gasteiger charge is -2.16. The Labute approximate surface area is 84.3 Å². The summed E-state index contributed by atoms with van der Waals surface area (Å²) in [5.41, 5.74) is 0. The number of hydrogen-bond donors (Lipinski definition) is 1. The molecule has 0 rings (SSSR count). The van der Waals surface area contributed by atoms with Gasteiger partial charge in [-0.25, -0.2) is 0 Å². The molecule has 0 aliphatic carbocycles. The van der Waals surface area contributed by atoms with Gasteiger partial charge in [-0.2, -0.15) is 0 Å². The maximum absolute atomic E-state index is 3.53. The van der Waals surface area contributed by atoms with Gasteiger partial charge in [0, 0.05) is 12.1 Å². The lowest BCUT2D eigenvalue weighted by atomic mass is 10.1.